The van der Waals surface area contributed by atoms with E-state index in [0.29, 0.717) is 0 Å². The minimum absolute atomic E-state index is 0.205. The number of ether oxygens (including phenoxy) is 1. The van der Waals surface area contributed by atoms with Gasteiger partial charge in [-0.3, -0.25) is 4.90 Å². The molecule has 3 rings (SSSR count). The number of nitrogens with zero attached hydrogens (tertiary/aromatic N) is 1. The summed E-state index contributed by atoms with van der Waals surface area (Å²) < 4.78 is 5.41. The smallest absolute Gasteiger partial charge is 0.0794 e. The number of hydrogen-bond acceptors (Lipinski definition) is 5. The average molecular weight is 380 g/mol. The summed E-state index contributed by atoms with van der Waals surface area (Å²) in [6.45, 7) is 7.16. The fourth-order valence-corrected chi connectivity index (χ4v) is 5.60. The first-order chi connectivity index (χ1) is 11.9. The molecular formula is C20H29NO2S2. The zero-order valence-corrected chi connectivity index (χ0v) is 17.0. The Hall–Kier alpha value is -0.590. The van der Waals surface area contributed by atoms with Gasteiger partial charge in [0.25, 0.3) is 0 Å². The standard InChI is InChI=1S/C20H29NO2S2/c1-16(23-3)13-18-14-19(2,8-12-25-18)20(22)6-9-21(10-7-20)15-17-5-4-11-24-17/h4-5,8,11-12,14,16,22H,6-7,9-10,13,15H2,1-3H3. The Bertz CT molecular complexity index is 618. The van der Waals surface area contributed by atoms with Crippen LogP contribution in [0.25, 0.3) is 0 Å². The zero-order chi connectivity index (χ0) is 17.9. The van der Waals surface area contributed by atoms with Crippen molar-refractivity contribution in [1.82, 2.24) is 4.90 Å². The molecule has 2 aliphatic rings. The summed E-state index contributed by atoms with van der Waals surface area (Å²) in [6.07, 6.45) is 7.20. The van der Waals surface area contributed by atoms with Gasteiger partial charge in [0.1, 0.15) is 0 Å². The monoisotopic (exact) mass is 379 g/mol. The van der Waals surface area contributed by atoms with E-state index in [1.807, 2.05) is 11.3 Å². The molecule has 0 aliphatic carbocycles. The van der Waals surface area contributed by atoms with E-state index in [1.165, 1.54) is 9.78 Å². The molecule has 3 nitrogen and oxygen atoms in total. The van der Waals surface area contributed by atoms with Crippen molar-refractivity contribution in [2.45, 2.75) is 51.4 Å². The Kier molecular flexibility index (Phi) is 6.11. The Balaban J connectivity index is 1.65. The van der Waals surface area contributed by atoms with Crippen molar-refractivity contribution in [1.29, 1.82) is 0 Å². The lowest BCUT2D eigenvalue weighted by atomic mass is 9.68. The molecule has 25 heavy (non-hydrogen) atoms. The van der Waals surface area contributed by atoms with E-state index in [-0.39, 0.29) is 11.5 Å². The quantitative estimate of drug-likeness (QED) is 0.780. The maximum Gasteiger partial charge on any atom is 0.0794 e. The number of thiophene rings is 1. The van der Waals surface area contributed by atoms with E-state index in [2.05, 4.69) is 53.8 Å². The Morgan fingerprint density at radius 3 is 2.76 bits per heavy atom. The van der Waals surface area contributed by atoms with Gasteiger partial charge in [-0.05, 0) is 48.4 Å². The summed E-state index contributed by atoms with van der Waals surface area (Å²) in [5.41, 5.74) is -0.964. The van der Waals surface area contributed by atoms with E-state index in [0.717, 1.165) is 38.9 Å². The molecule has 0 saturated carbocycles. The van der Waals surface area contributed by atoms with Crippen LogP contribution >= 0.6 is 23.1 Å². The summed E-state index contributed by atoms with van der Waals surface area (Å²) in [6, 6.07) is 4.30. The average Bonchev–Trinajstić information content (AvgIpc) is 3.10. The van der Waals surface area contributed by atoms with Gasteiger partial charge in [-0.2, -0.15) is 0 Å². The first-order valence-electron chi connectivity index (χ1n) is 9.00. The lowest BCUT2D eigenvalue weighted by molar-refractivity contribution is -0.0768. The van der Waals surface area contributed by atoms with Gasteiger partial charge in [0.05, 0.1) is 11.7 Å². The molecule has 2 atom stereocenters. The number of thioether (sulfide) groups is 1. The van der Waals surface area contributed by atoms with Crippen LogP contribution in [0.2, 0.25) is 0 Å². The lowest BCUT2D eigenvalue weighted by Crippen LogP contribution is -2.52. The minimum atomic E-state index is -0.669. The molecule has 1 fully saturated rings. The van der Waals surface area contributed by atoms with E-state index < -0.39 is 5.60 Å². The third-order valence-electron chi connectivity index (χ3n) is 5.63. The molecule has 2 aliphatic heterocycles. The number of hydrogen-bond donors (Lipinski definition) is 1. The maximum absolute atomic E-state index is 11.4. The molecule has 0 spiro atoms. The highest BCUT2D eigenvalue weighted by Gasteiger charge is 2.46. The summed E-state index contributed by atoms with van der Waals surface area (Å²) in [4.78, 5) is 5.16. The van der Waals surface area contributed by atoms with Crippen molar-refractivity contribution < 1.29 is 9.84 Å². The minimum Gasteiger partial charge on any atom is -0.389 e. The van der Waals surface area contributed by atoms with Gasteiger partial charge in [0, 0.05) is 43.5 Å². The second-order valence-corrected chi connectivity index (χ2v) is 9.52. The van der Waals surface area contributed by atoms with Crippen LogP contribution < -0.4 is 0 Å². The van der Waals surface area contributed by atoms with Gasteiger partial charge in [0.15, 0.2) is 0 Å². The fraction of sp³-hybridized carbons (Fsp3) is 0.600. The molecule has 0 amide bonds. The van der Waals surface area contributed by atoms with Gasteiger partial charge in [-0.15, -0.1) is 23.1 Å². The fourth-order valence-electron chi connectivity index (χ4n) is 3.69. The lowest BCUT2D eigenvalue weighted by Gasteiger charge is -2.48. The van der Waals surface area contributed by atoms with Crippen molar-refractivity contribution >= 4 is 23.1 Å². The molecule has 1 N–H and O–H groups in total. The highest BCUT2D eigenvalue weighted by Crippen LogP contribution is 2.47. The van der Waals surface area contributed by atoms with Crippen LogP contribution in [0.4, 0.5) is 0 Å². The van der Waals surface area contributed by atoms with Gasteiger partial charge >= 0.3 is 0 Å². The topological polar surface area (TPSA) is 32.7 Å². The molecule has 0 radical (unpaired) electrons. The van der Waals surface area contributed by atoms with Crippen molar-refractivity contribution in [2.75, 3.05) is 20.2 Å². The van der Waals surface area contributed by atoms with Crippen LogP contribution in [-0.4, -0.2) is 41.9 Å². The largest absolute Gasteiger partial charge is 0.389 e. The second-order valence-electron chi connectivity index (χ2n) is 7.45. The molecule has 5 heteroatoms. The summed E-state index contributed by atoms with van der Waals surface area (Å²) in [5.74, 6) is 0. The maximum atomic E-state index is 11.4. The van der Waals surface area contributed by atoms with Crippen molar-refractivity contribution in [3.05, 3.63) is 44.9 Å². The number of likely N-dealkylation sites (tertiary alicyclic amines) is 1. The van der Waals surface area contributed by atoms with Gasteiger partial charge in [-0.25, -0.2) is 0 Å². The van der Waals surface area contributed by atoms with Crippen molar-refractivity contribution in [3.63, 3.8) is 0 Å². The summed E-state index contributed by atoms with van der Waals surface area (Å²) >= 11 is 3.57. The predicted molar refractivity (Wildman–Crippen MR) is 108 cm³/mol. The summed E-state index contributed by atoms with van der Waals surface area (Å²) in [5, 5.41) is 15.7. The van der Waals surface area contributed by atoms with Gasteiger partial charge < -0.3 is 9.84 Å². The molecule has 1 saturated heterocycles. The van der Waals surface area contributed by atoms with E-state index >= 15 is 0 Å². The van der Waals surface area contributed by atoms with Crippen molar-refractivity contribution in [2.24, 2.45) is 5.41 Å². The molecule has 0 aromatic carbocycles. The molecule has 1 aromatic rings. The normalized spacial score (nSPS) is 27.9. The highest BCUT2D eigenvalue weighted by molar-refractivity contribution is 8.05. The van der Waals surface area contributed by atoms with Crippen LogP contribution in [0.15, 0.2) is 40.0 Å². The predicted octanol–water partition coefficient (Wildman–Crippen LogP) is 4.65. The highest BCUT2D eigenvalue weighted by atomic mass is 32.2. The Morgan fingerprint density at radius 1 is 1.36 bits per heavy atom. The Morgan fingerprint density at radius 2 is 2.12 bits per heavy atom. The van der Waals surface area contributed by atoms with E-state index in [9.17, 15) is 5.11 Å². The third-order valence-corrected chi connectivity index (χ3v) is 7.35. The molecule has 138 valence electrons. The molecule has 2 unspecified atom stereocenters. The number of aliphatic hydroxyl groups is 1. The van der Waals surface area contributed by atoms with Crippen LogP contribution in [0.5, 0.6) is 0 Å². The molecular weight excluding hydrogens is 350 g/mol. The second kappa shape index (κ2) is 7.97. The first-order valence-corrected chi connectivity index (χ1v) is 10.8. The van der Waals surface area contributed by atoms with E-state index in [1.54, 1.807) is 18.9 Å². The molecule has 1 aromatic heterocycles. The zero-order valence-electron chi connectivity index (χ0n) is 15.4. The van der Waals surface area contributed by atoms with E-state index in [4.69, 9.17) is 4.74 Å². The van der Waals surface area contributed by atoms with Crippen molar-refractivity contribution in [3.8, 4) is 0 Å². The summed E-state index contributed by atoms with van der Waals surface area (Å²) in [7, 11) is 1.75. The Labute approximate surface area is 159 Å². The van der Waals surface area contributed by atoms with Gasteiger partial charge in [-0.1, -0.05) is 18.2 Å². The van der Waals surface area contributed by atoms with Gasteiger partial charge in [0.2, 0.25) is 0 Å². The molecule has 3 heterocycles. The first kappa shape index (κ1) is 19.2. The third kappa shape index (κ3) is 4.40. The number of methoxy groups -OCH3 is 1. The molecule has 0 bridgehead atoms. The number of piperidine rings is 1. The van der Waals surface area contributed by atoms with Crippen LogP contribution in [0.1, 0.15) is 38.0 Å². The number of rotatable bonds is 6. The van der Waals surface area contributed by atoms with Crippen LogP contribution in [0.3, 0.4) is 0 Å². The van der Waals surface area contributed by atoms with Crippen LogP contribution in [0, 0.1) is 5.41 Å². The SMILES string of the molecule is COC(C)CC1=CC(C)(C2(O)CCN(Cc3cccs3)CC2)C=CS1. The van der Waals surface area contributed by atoms with Crippen LogP contribution in [-0.2, 0) is 11.3 Å².